The van der Waals surface area contributed by atoms with Crippen molar-refractivity contribution in [2.45, 2.75) is 12.6 Å². The lowest BCUT2D eigenvalue weighted by atomic mass is 10.0. The van der Waals surface area contributed by atoms with Crippen LogP contribution < -0.4 is 0 Å². The molecule has 0 amide bonds. The maximum absolute atomic E-state index is 12.8. The second kappa shape index (κ2) is 5.32. The SMILES string of the molecule is O=C(O)c1ccc(Cc2ccccn2)cc1C(F)(F)F. The van der Waals surface area contributed by atoms with Crippen LogP contribution in [-0.4, -0.2) is 16.1 Å². The summed E-state index contributed by atoms with van der Waals surface area (Å²) in [6, 6.07) is 8.34. The molecule has 0 saturated carbocycles. The summed E-state index contributed by atoms with van der Waals surface area (Å²) < 4.78 is 38.5. The third-order valence-corrected chi connectivity index (χ3v) is 2.73. The maximum atomic E-state index is 12.8. The van der Waals surface area contributed by atoms with E-state index in [1.165, 1.54) is 6.07 Å². The minimum Gasteiger partial charge on any atom is -0.478 e. The van der Waals surface area contributed by atoms with Gasteiger partial charge in [-0.05, 0) is 29.8 Å². The van der Waals surface area contributed by atoms with Crippen LogP contribution in [-0.2, 0) is 12.6 Å². The first-order valence-corrected chi connectivity index (χ1v) is 5.71. The highest BCUT2D eigenvalue weighted by Gasteiger charge is 2.35. The Labute approximate surface area is 112 Å². The Hall–Kier alpha value is -2.37. The molecule has 1 heterocycles. The molecule has 0 aliphatic carbocycles. The fourth-order valence-corrected chi connectivity index (χ4v) is 1.83. The molecule has 0 aliphatic rings. The summed E-state index contributed by atoms with van der Waals surface area (Å²) >= 11 is 0. The quantitative estimate of drug-likeness (QED) is 0.938. The van der Waals surface area contributed by atoms with Crippen molar-refractivity contribution in [2.24, 2.45) is 0 Å². The molecule has 0 saturated heterocycles. The number of pyridine rings is 1. The first-order valence-electron chi connectivity index (χ1n) is 5.71. The Bertz CT molecular complexity index is 624. The number of alkyl halides is 3. The summed E-state index contributed by atoms with van der Waals surface area (Å²) in [6.45, 7) is 0. The highest BCUT2D eigenvalue weighted by Crippen LogP contribution is 2.33. The molecule has 20 heavy (non-hydrogen) atoms. The number of carbonyl (C=O) groups is 1. The van der Waals surface area contributed by atoms with Gasteiger partial charge in [0.1, 0.15) is 0 Å². The smallest absolute Gasteiger partial charge is 0.417 e. The molecule has 2 aromatic rings. The number of aromatic carboxylic acids is 1. The Morgan fingerprint density at radius 2 is 1.95 bits per heavy atom. The van der Waals surface area contributed by atoms with Crippen LogP contribution in [0.1, 0.15) is 27.2 Å². The van der Waals surface area contributed by atoms with Crippen LogP contribution >= 0.6 is 0 Å². The van der Waals surface area contributed by atoms with E-state index in [2.05, 4.69) is 4.98 Å². The molecule has 0 aliphatic heterocycles. The van der Waals surface area contributed by atoms with Crippen LogP contribution in [0.3, 0.4) is 0 Å². The summed E-state index contributed by atoms with van der Waals surface area (Å²) in [5.41, 5.74) is -0.912. The first kappa shape index (κ1) is 14.0. The third-order valence-electron chi connectivity index (χ3n) is 2.73. The van der Waals surface area contributed by atoms with Gasteiger partial charge in [-0.15, -0.1) is 0 Å². The molecule has 2 rings (SSSR count). The average Bonchev–Trinajstić information content (AvgIpc) is 2.38. The van der Waals surface area contributed by atoms with E-state index in [1.54, 1.807) is 24.4 Å². The molecule has 0 fully saturated rings. The third kappa shape index (κ3) is 3.14. The normalized spacial score (nSPS) is 11.3. The average molecular weight is 281 g/mol. The summed E-state index contributed by atoms with van der Waals surface area (Å²) in [5.74, 6) is -1.60. The van der Waals surface area contributed by atoms with E-state index in [0.717, 1.165) is 12.1 Å². The number of rotatable bonds is 3. The number of aromatic nitrogens is 1. The van der Waals surface area contributed by atoms with E-state index in [9.17, 15) is 18.0 Å². The van der Waals surface area contributed by atoms with E-state index in [4.69, 9.17) is 5.11 Å². The number of carboxylic acid groups (broad SMARTS) is 1. The van der Waals surface area contributed by atoms with Gasteiger partial charge in [-0.2, -0.15) is 13.2 Å². The van der Waals surface area contributed by atoms with Crippen molar-refractivity contribution in [1.82, 2.24) is 4.98 Å². The predicted octanol–water partition coefficient (Wildman–Crippen LogP) is 3.39. The molecule has 1 N–H and O–H groups in total. The number of nitrogens with zero attached hydrogens (tertiary/aromatic N) is 1. The summed E-state index contributed by atoms with van der Waals surface area (Å²) in [4.78, 5) is 14.9. The van der Waals surface area contributed by atoms with Crippen molar-refractivity contribution in [2.75, 3.05) is 0 Å². The van der Waals surface area contributed by atoms with Gasteiger partial charge in [-0.25, -0.2) is 4.79 Å². The van der Waals surface area contributed by atoms with Crippen molar-refractivity contribution in [3.63, 3.8) is 0 Å². The van der Waals surface area contributed by atoms with Gasteiger partial charge < -0.3 is 5.11 Å². The molecule has 0 radical (unpaired) electrons. The van der Waals surface area contributed by atoms with Gasteiger partial charge in [0, 0.05) is 18.3 Å². The van der Waals surface area contributed by atoms with Crippen LogP contribution in [0.15, 0.2) is 42.6 Å². The lowest BCUT2D eigenvalue weighted by molar-refractivity contribution is -0.138. The van der Waals surface area contributed by atoms with Gasteiger partial charge in [-0.1, -0.05) is 12.1 Å². The molecule has 0 atom stereocenters. The minimum atomic E-state index is -4.70. The zero-order valence-corrected chi connectivity index (χ0v) is 10.2. The highest BCUT2D eigenvalue weighted by molar-refractivity contribution is 5.89. The molecule has 0 unspecified atom stereocenters. The zero-order chi connectivity index (χ0) is 14.8. The predicted molar refractivity (Wildman–Crippen MR) is 65.4 cm³/mol. The molecule has 6 heteroatoms. The van der Waals surface area contributed by atoms with Gasteiger partial charge in [0.05, 0.1) is 11.1 Å². The van der Waals surface area contributed by atoms with Gasteiger partial charge in [-0.3, -0.25) is 4.98 Å². The van der Waals surface area contributed by atoms with Gasteiger partial charge >= 0.3 is 12.1 Å². The van der Waals surface area contributed by atoms with E-state index in [-0.39, 0.29) is 6.42 Å². The molecule has 0 bridgehead atoms. The van der Waals surface area contributed by atoms with E-state index in [1.807, 2.05) is 0 Å². The van der Waals surface area contributed by atoms with Gasteiger partial charge in [0.25, 0.3) is 0 Å². The van der Waals surface area contributed by atoms with Crippen molar-refractivity contribution < 1.29 is 23.1 Å². The summed E-state index contributed by atoms with van der Waals surface area (Å²) in [7, 11) is 0. The van der Waals surface area contributed by atoms with Crippen LogP contribution in [0.5, 0.6) is 0 Å². The van der Waals surface area contributed by atoms with Gasteiger partial charge in [0.2, 0.25) is 0 Å². The topological polar surface area (TPSA) is 50.2 Å². The van der Waals surface area contributed by atoms with Crippen molar-refractivity contribution in [3.05, 3.63) is 65.0 Å². The Morgan fingerprint density at radius 1 is 1.20 bits per heavy atom. The van der Waals surface area contributed by atoms with Crippen LogP contribution in [0.4, 0.5) is 13.2 Å². The van der Waals surface area contributed by atoms with E-state index >= 15 is 0 Å². The molecule has 0 spiro atoms. The summed E-state index contributed by atoms with van der Waals surface area (Å²) in [6.07, 6.45) is -2.94. The van der Waals surface area contributed by atoms with Gasteiger partial charge in [0.15, 0.2) is 0 Å². The number of carboxylic acids is 1. The molecule has 104 valence electrons. The molecule has 3 nitrogen and oxygen atoms in total. The van der Waals surface area contributed by atoms with Crippen molar-refractivity contribution in [3.8, 4) is 0 Å². The Morgan fingerprint density at radius 3 is 2.50 bits per heavy atom. The molecule has 1 aromatic heterocycles. The number of halogens is 3. The van der Waals surface area contributed by atoms with Crippen molar-refractivity contribution >= 4 is 5.97 Å². The lowest BCUT2D eigenvalue weighted by Gasteiger charge is -2.12. The fourth-order valence-electron chi connectivity index (χ4n) is 1.83. The number of hydrogen-bond donors (Lipinski definition) is 1. The number of benzene rings is 1. The zero-order valence-electron chi connectivity index (χ0n) is 10.2. The van der Waals surface area contributed by atoms with E-state index in [0.29, 0.717) is 11.3 Å². The monoisotopic (exact) mass is 281 g/mol. The highest BCUT2D eigenvalue weighted by atomic mass is 19.4. The van der Waals surface area contributed by atoms with Crippen LogP contribution in [0, 0.1) is 0 Å². The standard InChI is InChI=1S/C14H10F3NO2/c15-14(16,17)12-8-9(4-5-11(12)13(19)20)7-10-3-1-2-6-18-10/h1-6,8H,7H2,(H,19,20). The largest absolute Gasteiger partial charge is 0.478 e. The second-order valence-electron chi connectivity index (χ2n) is 4.18. The molecule has 1 aromatic carbocycles. The Balaban J connectivity index is 2.40. The second-order valence-corrected chi connectivity index (χ2v) is 4.18. The number of hydrogen-bond acceptors (Lipinski definition) is 2. The fraction of sp³-hybridized carbons (Fsp3) is 0.143. The summed E-state index contributed by atoms with van der Waals surface area (Å²) in [5, 5.41) is 8.80. The Kier molecular flexibility index (Phi) is 3.74. The van der Waals surface area contributed by atoms with Crippen molar-refractivity contribution in [1.29, 1.82) is 0 Å². The van der Waals surface area contributed by atoms with Crippen LogP contribution in [0.25, 0.3) is 0 Å². The molecular weight excluding hydrogens is 271 g/mol. The minimum absolute atomic E-state index is 0.212. The van der Waals surface area contributed by atoms with Crippen LogP contribution in [0.2, 0.25) is 0 Å². The molecular formula is C14H10F3NO2. The maximum Gasteiger partial charge on any atom is 0.417 e. The van der Waals surface area contributed by atoms with E-state index < -0.39 is 23.3 Å². The lowest BCUT2D eigenvalue weighted by Crippen LogP contribution is -2.13. The first-order chi connectivity index (χ1) is 9.38.